The van der Waals surface area contributed by atoms with E-state index in [1.54, 1.807) is 41.8 Å². The first-order valence-electron chi connectivity index (χ1n) is 25.8. The first-order chi connectivity index (χ1) is 34.9. The minimum absolute atomic E-state index is 0.179. The fraction of sp³-hybridized carbons (Fsp3) is 0.474. The van der Waals surface area contributed by atoms with Gasteiger partial charge in [0.05, 0.1) is 17.0 Å². The summed E-state index contributed by atoms with van der Waals surface area (Å²) in [7, 11) is 7.88. The summed E-state index contributed by atoms with van der Waals surface area (Å²) in [6.45, 7) is 24.8. The van der Waals surface area contributed by atoms with Crippen LogP contribution in [0.3, 0.4) is 0 Å². The SMILES string of the molecule is C=Cc1cc2cc(S)ccc2n1C.CC.CC1(C)CCCCO1.CC1CC1c1noc(=O)[nH]1.CCP(CC)c1ccc(N(C)/C=C\N(C=O)c2c3c(nn2-c2cc(C)c(F)c(C)c2)CCCN(C)C3)cc1NC. The fourth-order valence-electron chi connectivity index (χ4n) is 9.13. The van der Waals surface area contributed by atoms with Gasteiger partial charge in [-0.3, -0.25) is 19.2 Å². The molecule has 2 N–H and O–H groups in total. The highest BCUT2D eigenvalue weighted by Gasteiger charge is 2.37. The van der Waals surface area contributed by atoms with Gasteiger partial charge in [-0.25, -0.2) is 13.9 Å². The smallest absolute Gasteiger partial charge is 0.388 e. The molecule has 2 unspecified atom stereocenters. The lowest BCUT2D eigenvalue weighted by Gasteiger charge is -2.29. The van der Waals surface area contributed by atoms with Crippen LogP contribution in [0.25, 0.3) is 22.7 Å². The number of carbonyl (C=O) groups is 1. The maximum atomic E-state index is 14.5. The molecule has 0 spiro atoms. The molecule has 3 aliphatic rings. The molecule has 2 fully saturated rings. The van der Waals surface area contributed by atoms with Crippen molar-refractivity contribution in [1.29, 1.82) is 0 Å². The highest BCUT2D eigenvalue weighted by atomic mass is 32.1. The van der Waals surface area contributed by atoms with E-state index in [1.165, 1.54) is 35.5 Å². The van der Waals surface area contributed by atoms with Crippen LogP contribution in [0.2, 0.25) is 0 Å². The van der Waals surface area contributed by atoms with Gasteiger partial charge in [0.2, 0.25) is 6.41 Å². The molecule has 0 radical (unpaired) electrons. The molecule has 2 aliphatic heterocycles. The summed E-state index contributed by atoms with van der Waals surface area (Å²) in [6, 6.07) is 18.4. The number of ether oxygens (including phenoxy) is 1. The molecule has 1 amide bonds. The van der Waals surface area contributed by atoms with Gasteiger partial charge in [-0.2, -0.15) is 5.10 Å². The van der Waals surface area contributed by atoms with Gasteiger partial charge in [0.15, 0.2) is 5.82 Å². The highest BCUT2D eigenvalue weighted by molar-refractivity contribution is 7.80. The van der Waals surface area contributed by atoms with E-state index >= 15 is 0 Å². The Morgan fingerprint density at radius 1 is 1.03 bits per heavy atom. The summed E-state index contributed by atoms with van der Waals surface area (Å²) in [6.07, 6.45) is 15.4. The van der Waals surface area contributed by atoms with Crippen molar-refractivity contribution in [3.63, 3.8) is 0 Å². The lowest BCUT2D eigenvalue weighted by molar-refractivity contribution is -0.107. The van der Waals surface area contributed by atoms with E-state index in [-0.39, 0.29) is 19.3 Å². The molecule has 9 rings (SSSR count). The van der Waals surface area contributed by atoms with E-state index in [9.17, 15) is 14.0 Å². The van der Waals surface area contributed by atoms with E-state index in [2.05, 4.69) is 127 Å². The fourth-order valence-corrected chi connectivity index (χ4v) is 11.3. The standard InChI is InChI=1S/C31H42FN6OP.C11H11NS.C7H14O.C6H8N2O2.C2H6/c1-8-40(9-2)29-13-12-24(19-28(29)33-5)36(7)15-16-37(21-39)31-26-20-35(6)14-10-11-27(26)34-38(31)25-17-22(3)30(32)23(4)18-25;1-3-9-6-8-7-10(13)4-5-11(8)12(9)2;1-7(2)5-3-4-6-8-7;1-3-2-4(3)5-7-6(9)10-8-5;1-2/h12-13,15-19,21,33H,8-11,14,20H2,1-7H3;3-7,13H,1H2,2H3;3-6H2,1-2H3;3-4H,2H2,1H3,(H,7,8,9);1-2H3/b16-15-;;;;. The van der Waals surface area contributed by atoms with Gasteiger partial charge in [-0.15, -0.1) is 12.6 Å². The molecule has 73 heavy (non-hydrogen) atoms. The Bertz CT molecular complexity index is 2810. The van der Waals surface area contributed by atoms with Crippen LogP contribution in [0.4, 0.5) is 21.6 Å². The van der Waals surface area contributed by atoms with Gasteiger partial charge in [0.1, 0.15) is 11.6 Å². The van der Waals surface area contributed by atoms with Crippen LogP contribution in [0.15, 0.2) is 87.8 Å². The highest BCUT2D eigenvalue weighted by Crippen LogP contribution is 2.45. The number of thiol groups is 1. The first kappa shape index (κ1) is 58.4. The second kappa shape index (κ2) is 27.2. The maximum absolute atomic E-state index is 14.5. The van der Waals surface area contributed by atoms with Crippen LogP contribution < -0.4 is 26.2 Å². The predicted molar refractivity (Wildman–Crippen MR) is 306 cm³/mol. The van der Waals surface area contributed by atoms with Crippen LogP contribution in [0, 0.1) is 25.6 Å². The third-order valence-electron chi connectivity index (χ3n) is 13.5. The van der Waals surface area contributed by atoms with Crippen LogP contribution >= 0.6 is 20.6 Å². The maximum Gasteiger partial charge on any atom is 0.438 e. The summed E-state index contributed by atoms with van der Waals surface area (Å²) in [4.78, 5) is 32.4. The van der Waals surface area contributed by atoms with Gasteiger partial charge < -0.3 is 24.4 Å². The number of anilines is 3. The minimum atomic E-state index is -0.450. The molecule has 16 heteroatoms. The lowest BCUT2D eigenvalue weighted by Crippen LogP contribution is -2.28. The summed E-state index contributed by atoms with van der Waals surface area (Å²) in [5.41, 5.74) is 8.54. The minimum Gasteiger partial charge on any atom is -0.388 e. The lowest BCUT2D eigenvalue weighted by atomic mass is 9.99. The Kier molecular flexibility index (Phi) is 21.7. The summed E-state index contributed by atoms with van der Waals surface area (Å²) >= 11 is 4.30. The second-order valence-electron chi connectivity index (χ2n) is 19.4. The zero-order valence-corrected chi connectivity index (χ0v) is 47.5. The molecule has 1 aliphatic carbocycles. The third-order valence-corrected chi connectivity index (χ3v) is 16.4. The summed E-state index contributed by atoms with van der Waals surface area (Å²) in [5.74, 6) is 1.82. The zero-order chi connectivity index (χ0) is 53.6. The molecule has 1 saturated carbocycles. The quantitative estimate of drug-likeness (QED) is 0.0623. The van der Waals surface area contributed by atoms with Crippen LogP contribution in [-0.4, -0.2) is 88.0 Å². The number of rotatable bonds is 12. The molecule has 6 aromatic rings. The molecular formula is C57H81FN9O4PS. The molecule has 5 heterocycles. The number of H-pyrrole nitrogens is 1. The summed E-state index contributed by atoms with van der Waals surface area (Å²) in [5, 5.41) is 14.5. The molecule has 0 bridgehead atoms. The number of aromatic amines is 1. The van der Waals surface area contributed by atoms with E-state index in [4.69, 9.17) is 9.84 Å². The third kappa shape index (κ3) is 15.3. The zero-order valence-electron chi connectivity index (χ0n) is 45.7. The van der Waals surface area contributed by atoms with Crippen LogP contribution in [-0.2, 0) is 29.5 Å². The van der Waals surface area contributed by atoms with Crippen molar-refractivity contribution >= 4 is 66.4 Å². The van der Waals surface area contributed by atoms with E-state index in [0.29, 0.717) is 41.1 Å². The number of nitrogens with one attached hydrogen (secondary N) is 2. The van der Waals surface area contributed by atoms with Crippen molar-refractivity contribution in [2.75, 3.05) is 61.7 Å². The van der Waals surface area contributed by atoms with Crippen LogP contribution in [0.5, 0.6) is 0 Å². The van der Waals surface area contributed by atoms with Crippen molar-refractivity contribution < 1.29 is 18.4 Å². The number of aromatic nitrogens is 5. The van der Waals surface area contributed by atoms with Crippen molar-refractivity contribution in [3.8, 4) is 5.69 Å². The monoisotopic (exact) mass is 1040 g/mol. The van der Waals surface area contributed by atoms with Gasteiger partial charge in [0, 0.05) is 91.0 Å². The topological polar surface area (TPSA) is 130 Å². The Morgan fingerprint density at radius 2 is 1.73 bits per heavy atom. The van der Waals surface area contributed by atoms with E-state index in [1.807, 2.05) is 58.2 Å². The largest absolute Gasteiger partial charge is 0.438 e. The predicted octanol–water partition coefficient (Wildman–Crippen LogP) is 12.4. The number of benzene rings is 3. The molecule has 2 atom stereocenters. The molecule has 396 valence electrons. The van der Waals surface area contributed by atoms with Crippen LogP contribution in [0.1, 0.15) is 120 Å². The average molecular weight is 1040 g/mol. The Hall–Kier alpha value is -5.47. The second-order valence-corrected chi connectivity index (χ2v) is 22.7. The number of halogens is 1. The summed E-state index contributed by atoms with van der Waals surface area (Å²) < 4.78 is 28.2. The van der Waals surface area contributed by atoms with Crippen molar-refractivity contribution in [3.05, 3.63) is 124 Å². The van der Waals surface area contributed by atoms with Crippen molar-refractivity contribution in [1.82, 2.24) is 29.4 Å². The first-order valence-corrected chi connectivity index (χ1v) is 28.0. The number of hydrogen-bond donors (Lipinski definition) is 3. The molecule has 1 saturated heterocycles. The van der Waals surface area contributed by atoms with Gasteiger partial charge >= 0.3 is 5.76 Å². The molecule has 3 aromatic heterocycles. The number of hydrogen-bond acceptors (Lipinski definition) is 10. The number of nitrogens with zero attached hydrogens (tertiary/aromatic N) is 7. The number of amides is 1. The van der Waals surface area contributed by atoms with Gasteiger partial charge in [0.25, 0.3) is 0 Å². The van der Waals surface area contributed by atoms with Gasteiger partial charge in [-0.1, -0.05) is 60.3 Å². The van der Waals surface area contributed by atoms with E-state index < -0.39 is 5.76 Å². The molecule has 3 aromatic carbocycles. The number of aryl methyl sites for hydroxylation is 4. The Labute approximate surface area is 440 Å². The average Bonchev–Trinajstić information content (AvgIpc) is 3.68. The Morgan fingerprint density at radius 3 is 2.27 bits per heavy atom. The van der Waals surface area contributed by atoms with E-state index in [0.717, 1.165) is 90.1 Å². The van der Waals surface area contributed by atoms with Crippen molar-refractivity contribution in [2.24, 2.45) is 13.0 Å². The Balaban J connectivity index is 0.000000237. The molecular weight excluding hydrogens is 957 g/mol. The number of fused-ring (bicyclic) bond motifs is 2. The molecule has 13 nitrogen and oxygen atoms in total. The number of carbonyl (C=O) groups excluding carboxylic acids is 1. The van der Waals surface area contributed by atoms with Crippen molar-refractivity contribution in [2.45, 2.75) is 124 Å². The normalized spacial score (nSPS) is 16.8. The van der Waals surface area contributed by atoms with Gasteiger partial charge in [-0.05, 0) is 169 Å².